The summed E-state index contributed by atoms with van der Waals surface area (Å²) in [5.41, 5.74) is 1.95. The van der Waals surface area contributed by atoms with Crippen LogP contribution in [0, 0.1) is 17.1 Å². The lowest BCUT2D eigenvalue weighted by Crippen LogP contribution is -2.36. The van der Waals surface area contributed by atoms with Crippen molar-refractivity contribution < 1.29 is 9.18 Å². The molecule has 1 heterocycles. The van der Waals surface area contributed by atoms with E-state index in [1.165, 1.54) is 12.1 Å². The number of nitrogens with one attached hydrogen (secondary N) is 2. The zero-order valence-corrected chi connectivity index (χ0v) is 9.88. The van der Waals surface area contributed by atoms with E-state index in [4.69, 9.17) is 5.26 Å². The number of hydrogen-bond acceptors (Lipinski definition) is 3. The van der Waals surface area contributed by atoms with Crippen molar-refractivity contribution in [1.29, 1.82) is 5.26 Å². The summed E-state index contributed by atoms with van der Waals surface area (Å²) < 4.78 is 13.6. The molecule has 0 saturated carbocycles. The summed E-state index contributed by atoms with van der Waals surface area (Å²) in [7, 11) is 0. The smallest absolute Gasteiger partial charge is 0.251 e. The van der Waals surface area contributed by atoms with Crippen molar-refractivity contribution in [2.75, 3.05) is 18.4 Å². The average Bonchev–Trinajstić information content (AvgIpc) is 2.29. The predicted octanol–water partition coefficient (Wildman–Crippen LogP) is 1.56. The van der Waals surface area contributed by atoms with Gasteiger partial charge in [0.15, 0.2) is 0 Å². The Morgan fingerprint density at radius 2 is 2.22 bits per heavy atom. The Morgan fingerprint density at radius 3 is 2.72 bits per heavy atom. The molecule has 1 saturated heterocycles. The highest BCUT2D eigenvalue weighted by molar-refractivity contribution is 6.04. The third kappa shape index (κ3) is 2.39. The van der Waals surface area contributed by atoms with Crippen molar-refractivity contribution in [2.45, 2.75) is 6.92 Å². The number of hydrogen-bond donors (Lipinski definition) is 2. The molecule has 1 aromatic rings. The highest BCUT2D eigenvalue weighted by atomic mass is 19.1. The molecular weight excluding hydrogens is 233 g/mol. The Hall–Kier alpha value is -2.19. The molecule has 0 bridgehead atoms. The van der Waals surface area contributed by atoms with Gasteiger partial charge < -0.3 is 10.6 Å². The molecular formula is C13H12FN3O. The van der Waals surface area contributed by atoms with Gasteiger partial charge in [0.05, 0.1) is 17.3 Å². The monoisotopic (exact) mass is 245 g/mol. The molecule has 4 nitrogen and oxygen atoms in total. The van der Waals surface area contributed by atoms with Crippen LogP contribution in [0.2, 0.25) is 0 Å². The van der Waals surface area contributed by atoms with Gasteiger partial charge in [0.1, 0.15) is 5.82 Å². The first kappa shape index (κ1) is 12.3. The Bertz CT molecular complexity index is 566. The van der Waals surface area contributed by atoms with Crippen LogP contribution < -0.4 is 10.6 Å². The topological polar surface area (TPSA) is 64.9 Å². The minimum Gasteiger partial charge on any atom is -0.320 e. The highest BCUT2D eigenvalue weighted by Crippen LogP contribution is 2.17. The van der Waals surface area contributed by atoms with E-state index in [-0.39, 0.29) is 17.2 Å². The zero-order valence-electron chi connectivity index (χ0n) is 9.88. The van der Waals surface area contributed by atoms with Gasteiger partial charge in [-0.3, -0.25) is 4.79 Å². The minimum absolute atomic E-state index is 0.0891. The van der Waals surface area contributed by atoms with Gasteiger partial charge in [-0.05, 0) is 30.7 Å². The number of halogens is 1. The van der Waals surface area contributed by atoms with Crippen molar-refractivity contribution >= 4 is 11.6 Å². The van der Waals surface area contributed by atoms with Crippen LogP contribution in [0.3, 0.4) is 0 Å². The molecule has 1 amide bonds. The molecule has 2 rings (SSSR count). The van der Waals surface area contributed by atoms with Crippen molar-refractivity contribution in [3.63, 3.8) is 0 Å². The molecule has 0 atom stereocenters. The molecule has 0 radical (unpaired) electrons. The standard InChI is InChI=1S/C13H12FN3O/c1-8(10-6-16-7-10)13(18)17-12-3-2-9(5-15)4-11(12)14/h2-4,16H,6-7H2,1H3,(H,17,18). The van der Waals surface area contributed by atoms with E-state index in [1.54, 1.807) is 6.92 Å². The second-order valence-corrected chi connectivity index (χ2v) is 4.09. The molecule has 92 valence electrons. The molecule has 1 aliphatic rings. The minimum atomic E-state index is -0.605. The molecule has 0 spiro atoms. The zero-order chi connectivity index (χ0) is 13.1. The lowest BCUT2D eigenvalue weighted by atomic mass is 10.0. The molecule has 0 aromatic heterocycles. The van der Waals surface area contributed by atoms with Crippen LogP contribution in [0.5, 0.6) is 0 Å². The van der Waals surface area contributed by atoms with Crippen LogP contribution in [0.4, 0.5) is 10.1 Å². The van der Waals surface area contributed by atoms with E-state index in [2.05, 4.69) is 10.6 Å². The van der Waals surface area contributed by atoms with Crippen LogP contribution in [-0.2, 0) is 4.79 Å². The first-order valence-electron chi connectivity index (χ1n) is 5.52. The summed E-state index contributed by atoms with van der Waals surface area (Å²) in [6, 6.07) is 5.79. The SMILES string of the molecule is CC(C(=O)Nc1ccc(C#N)cc1F)=C1CNC1. The van der Waals surface area contributed by atoms with Crippen LogP contribution >= 0.6 is 0 Å². The van der Waals surface area contributed by atoms with E-state index >= 15 is 0 Å². The lowest BCUT2D eigenvalue weighted by Gasteiger charge is -2.21. The lowest BCUT2D eigenvalue weighted by molar-refractivity contribution is -0.112. The largest absolute Gasteiger partial charge is 0.320 e. The Morgan fingerprint density at radius 1 is 1.50 bits per heavy atom. The number of carbonyl (C=O) groups is 1. The third-order valence-corrected chi connectivity index (χ3v) is 2.89. The van der Waals surface area contributed by atoms with Gasteiger partial charge in [0.2, 0.25) is 0 Å². The molecule has 1 aromatic carbocycles. The van der Waals surface area contributed by atoms with Gasteiger partial charge in [-0.2, -0.15) is 5.26 Å². The van der Waals surface area contributed by atoms with Crippen LogP contribution in [0.25, 0.3) is 0 Å². The summed E-state index contributed by atoms with van der Waals surface area (Å²) in [5, 5.41) is 14.2. The second-order valence-electron chi connectivity index (χ2n) is 4.09. The number of nitrogens with zero attached hydrogens (tertiary/aromatic N) is 1. The highest BCUT2D eigenvalue weighted by Gasteiger charge is 2.17. The number of anilines is 1. The number of carbonyl (C=O) groups excluding carboxylic acids is 1. The normalized spacial score (nSPS) is 13.5. The summed E-state index contributed by atoms with van der Waals surface area (Å²) in [6.45, 7) is 3.12. The summed E-state index contributed by atoms with van der Waals surface area (Å²) in [6.07, 6.45) is 0. The van der Waals surface area contributed by atoms with Gasteiger partial charge in [0, 0.05) is 18.7 Å². The molecule has 2 N–H and O–H groups in total. The summed E-state index contributed by atoms with van der Waals surface area (Å²) in [4.78, 5) is 11.8. The third-order valence-electron chi connectivity index (χ3n) is 2.89. The number of nitriles is 1. The van der Waals surface area contributed by atoms with Crippen molar-refractivity contribution in [3.8, 4) is 6.07 Å². The van der Waals surface area contributed by atoms with E-state index in [9.17, 15) is 9.18 Å². The van der Waals surface area contributed by atoms with E-state index in [0.29, 0.717) is 18.7 Å². The molecule has 1 aliphatic heterocycles. The van der Waals surface area contributed by atoms with Crippen molar-refractivity contribution in [1.82, 2.24) is 5.32 Å². The van der Waals surface area contributed by atoms with Crippen molar-refractivity contribution in [2.24, 2.45) is 0 Å². The molecule has 0 aliphatic carbocycles. The Kier molecular flexibility index (Phi) is 3.40. The van der Waals surface area contributed by atoms with Crippen LogP contribution in [-0.4, -0.2) is 19.0 Å². The van der Waals surface area contributed by atoms with Gasteiger partial charge in [-0.1, -0.05) is 0 Å². The Balaban J connectivity index is 2.15. The predicted molar refractivity (Wildman–Crippen MR) is 65.3 cm³/mol. The fourth-order valence-corrected chi connectivity index (χ4v) is 1.58. The first-order valence-corrected chi connectivity index (χ1v) is 5.52. The number of benzene rings is 1. The van der Waals surface area contributed by atoms with Crippen LogP contribution in [0.15, 0.2) is 29.3 Å². The maximum Gasteiger partial charge on any atom is 0.251 e. The van der Waals surface area contributed by atoms with Gasteiger partial charge >= 0.3 is 0 Å². The quantitative estimate of drug-likeness (QED) is 0.777. The fourth-order valence-electron chi connectivity index (χ4n) is 1.58. The number of amides is 1. The molecule has 18 heavy (non-hydrogen) atoms. The van der Waals surface area contributed by atoms with Crippen LogP contribution in [0.1, 0.15) is 12.5 Å². The summed E-state index contributed by atoms with van der Waals surface area (Å²) in [5.74, 6) is -0.915. The molecule has 1 fully saturated rings. The summed E-state index contributed by atoms with van der Waals surface area (Å²) >= 11 is 0. The average molecular weight is 245 g/mol. The van der Waals surface area contributed by atoms with E-state index in [1.807, 2.05) is 6.07 Å². The van der Waals surface area contributed by atoms with Crippen molar-refractivity contribution in [3.05, 3.63) is 40.7 Å². The van der Waals surface area contributed by atoms with Gasteiger partial charge in [0.25, 0.3) is 5.91 Å². The second kappa shape index (κ2) is 4.98. The van der Waals surface area contributed by atoms with E-state index in [0.717, 1.165) is 11.6 Å². The first-order chi connectivity index (χ1) is 8.61. The van der Waals surface area contributed by atoms with E-state index < -0.39 is 5.82 Å². The van der Waals surface area contributed by atoms with Gasteiger partial charge in [-0.25, -0.2) is 4.39 Å². The van der Waals surface area contributed by atoms with Gasteiger partial charge in [-0.15, -0.1) is 0 Å². The fraction of sp³-hybridized carbons (Fsp3) is 0.231. The maximum atomic E-state index is 13.6. The maximum absolute atomic E-state index is 13.6. The Labute approximate surface area is 104 Å². The molecule has 5 heteroatoms. The molecule has 0 unspecified atom stereocenters. The number of rotatable bonds is 2.